The average Bonchev–Trinajstić information content (AvgIpc) is 2.37. The smallest absolute Gasteiger partial charge is 0.335 e. The minimum atomic E-state index is -3.83. The van der Waals surface area contributed by atoms with Crippen LogP contribution in [0.15, 0.2) is 23.1 Å². The first-order chi connectivity index (χ1) is 9.31. The van der Waals surface area contributed by atoms with E-state index in [1.54, 1.807) is 13.8 Å². The van der Waals surface area contributed by atoms with E-state index in [0.29, 0.717) is 12.0 Å². The lowest BCUT2D eigenvalue weighted by atomic mass is 10.1. The molecule has 0 fully saturated rings. The Morgan fingerprint density at radius 3 is 2.65 bits per heavy atom. The van der Waals surface area contributed by atoms with Gasteiger partial charge in [-0.15, -0.1) is 0 Å². The molecule has 0 heterocycles. The molecule has 0 aromatic heterocycles. The quantitative estimate of drug-likeness (QED) is 0.830. The summed E-state index contributed by atoms with van der Waals surface area (Å²) in [6, 6.07) is 5.35. The minimum absolute atomic E-state index is 0.0544. The summed E-state index contributed by atoms with van der Waals surface area (Å²) in [6.45, 7) is 3.36. The molecule has 0 aliphatic carbocycles. The van der Waals surface area contributed by atoms with Crippen molar-refractivity contribution >= 4 is 16.0 Å². The topological polar surface area (TPSA) is 107 Å². The SMILES string of the molecule is CCC(CC#N)NS(=O)(=O)c1ccc(C)c(C(=O)O)c1. The summed E-state index contributed by atoms with van der Waals surface area (Å²) in [5, 5.41) is 17.6. The molecule has 6 nitrogen and oxygen atoms in total. The maximum atomic E-state index is 12.1. The van der Waals surface area contributed by atoms with Crippen molar-refractivity contribution in [1.82, 2.24) is 4.72 Å². The summed E-state index contributed by atoms with van der Waals surface area (Å²) in [5.74, 6) is -1.18. The van der Waals surface area contributed by atoms with E-state index in [0.717, 1.165) is 6.07 Å². The highest BCUT2D eigenvalue weighted by atomic mass is 32.2. The van der Waals surface area contributed by atoms with Gasteiger partial charge in [0.2, 0.25) is 10.0 Å². The van der Waals surface area contributed by atoms with Crippen LogP contribution in [0.1, 0.15) is 35.7 Å². The van der Waals surface area contributed by atoms with Gasteiger partial charge in [0.1, 0.15) is 0 Å². The second-order valence-corrected chi connectivity index (χ2v) is 6.08. The summed E-state index contributed by atoms with van der Waals surface area (Å²) in [4.78, 5) is 10.9. The number of aromatic carboxylic acids is 1. The highest BCUT2D eigenvalue weighted by Crippen LogP contribution is 2.16. The lowest BCUT2D eigenvalue weighted by Crippen LogP contribution is -2.34. The molecule has 1 unspecified atom stereocenters. The molecule has 0 saturated carbocycles. The monoisotopic (exact) mass is 296 g/mol. The van der Waals surface area contributed by atoms with Gasteiger partial charge in [0.05, 0.1) is 22.9 Å². The zero-order valence-electron chi connectivity index (χ0n) is 11.3. The van der Waals surface area contributed by atoms with Gasteiger partial charge < -0.3 is 5.11 Å². The standard InChI is InChI=1S/C13H16N2O4S/c1-3-10(6-7-14)15-20(18,19)11-5-4-9(2)12(8-11)13(16)17/h4-5,8,10,15H,3,6H2,1-2H3,(H,16,17). The number of carboxylic acids is 1. The van der Waals surface area contributed by atoms with E-state index in [1.807, 2.05) is 6.07 Å². The average molecular weight is 296 g/mol. The summed E-state index contributed by atoms with van der Waals surface area (Å²) >= 11 is 0. The number of hydrogen-bond acceptors (Lipinski definition) is 4. The molecule has 1 rings (SSSR count). The number of carboxylic acid groups (broad SMARTS) is 1. The van der Waals surface area contributed by atoms with Crippen LogP contribution >= 0.6 is 0 Å². The summed E-state index contributed by atoms with van der Waals surface area (Å²) < 4.78 is 26.7. The molecular formula is C13H16N2O4S. The van der Waals surface area contributed by atoms with E-state index in [4.69, 9.17) is 10.4 Å². The van der Waals surface area contributed by atoms with Gasteiger partial charge in [0.25, 0.3) is 0 Å². The molecule has 0 radical (unpaired) electrons. The fourth-order valence-electron chi connectivity index (χ4n) is 1.67. The van der Waals surface area contributed by atoms with Crippen LogP contribution in [0.4, 0.5) is 0 Å². The summed E-state index contributed by atoms with van der Waals surface area (Å²) in [7, 11) is -3.83. The fraction of sp³-hybridized carbons (Fsp3) is 0.385. The van der Waals surface area contributed by atoms with Crippen LogP contribution in [0.25, 0.3) is 0 Å². The molecule has 1 aromatic rings. The van der Waals surface area contributed by atoms with Gasteiger partial charge in [-0.2, -0.15) is 5.26 Å². The normalized spacial score (nSPS) is 12.7. The Morgan fingerprint density at radius 1 is 1.50 bits per heavy atom. The second-order valence-electron chi connectivity index (χ2n) is 4.37. The third-order valence-corrected chi connectivity index (χ3v) is 4.42. The Hall–Kier alpha value is -1.91. The van der Waals surface area contributed by atoms with E-state index in [1.165, 1.54) is 12.1 Å². The molecule has 0 bridgehead atoms. The predicted octanol–water partition coefficient (Wildman–Crippen LogP) is 1.66. The van der Waals surface area contributed by atoms with E-state index < -0.39 is 22.0 Å². The fourth-order valence-corrected chi connectivity index (χ4v) is 3.01. The molecule has 108 valence electrons. The van der Waals surface area contributed by atoms with Crippen LogP contribution in [0.3, 0.4) is 0 Å². The number of nitrogens with zero attached hydrogens (tertiary/aromatic N) is 1. The summed E-state index contributed by atoms with van der Waals surface area (Å²) in [6.07, 6.45) is 0.540. The van der Waals surface area contributed by atoms with Crippen LogP contribution in [0, 0.1) is 18.3 Å². The predicted molar refractivity (Wildman–Crippen MR) is 72.8 cm³/mol. The van der Waals surface area contributed by atoms with Crippen molar-refractivity contribution in [2.45, 2.75) is 37.6 Å². The second kappa shape index (κ2) is 6.50. The van der Waals surface area contributed by atoms with Crippen molar-refractivity contribution in [2.75, 3.05) is 0 Å². The van der Waals surface area contributed by atoms with Crippen molar-refractivity contribution in [3.63, 3.8) is 0 Å². The Labute approximate surface area is 118 Å². The molecule has 2 N–H and O–H groups in total. The first-order valence-electron chi connectivity index (χ1n) is 6.05. The zero-order chi connectivity index (χ0) is 15.3. The van der Waals surface area contributed by atoms with E-state index in [2.05, 4.69) is 4.72 Å². The number of hydrogen-bond donors (Lipinski definition) is 2. The Bertz CT molecular complexity index is 647. The van der Waals surface area contributed by atoms with Crippen LogP contribution in [0.5, 0.6) is 0 Å². The lowest BCUT2D eigenvalue weighted by Gasteiger charge is -2.14. The number of sulfonamides is 1. The molecule has 1 atom stereocenters. The number of benzene rings is 1. The first-order valence-corrected chi connectivity index (χ1v) is 7.53. The van der Waals surface area contributed by atoms with Gasteiger partial charge in [-0.3, -0.25) is 0 Å². The van der Waals surface area contributed by atoms with Crippen molar-refractivity contribution in [2.24, 2.45) is 0 Å². The first kappa shape index (κ1) is 16.1. The molecule has 0 spiro atoms. The highest BCUT2D eigenvalue weighted by molar-refractivity contribution is 7.89. The molecular weight excluding hydrogens is 280 g/mol. The van der Waals surface area contributed by atoms with E-state index in [-0.39, 0.29) is 16.9 Å². The van der Waals surface area contributed by atoms with Crippen molar-refractivity contribution in [1.29, 1.82) is 5.26 Å². The maximum absolute atomic E-state index is 12.1. The van der Waals surface area contributed by atoms with Crippen LogP contribution in [-0.4, -0.2) is 25.5 Å². The van der Waals surface area contributed by atoms with E-state index in [9.17, 15) is 13.2 Å². The number of nitriles is 1. The van der Waals surface area contributed by atoms with Gasteiger partial charge >= 0.3 is 5.97 Å². The Balaban J connectivity index is 3.13. The minimum Gasteiger partial charge on any atom is -0.478 e. The van der Waals surface area contributed by atoms with Crippen molar-refractivity contribution < 1.29 is 18.3 Å². The molecule has 20 heavy (non-hydrogen) atoms. The highest BCUT2D eigenvalue weighted by Gasteiger charge is 2.21. The molecule has 0 aliphatic rings. The zero-order valence-corrected chi connectivity index (χ0v) is 12.1. The molecule has 0 saturated heterocycles. The van der Waals surface area contributed by atoms with Crippen molar-refractivity contribution in [3.05, 3.63) is 29.3 Å². The van der Waals surface area contributed by atoms with Gasteiger partial charge in [-0.05, 0) is 31.0 Å². The number of rotatable bonds is 6. The lowest BCUT2D eigenvalue weighted by molar-refractivity contribution is 0.0696. The van der Waals surface area contributed by atoms with Gasteiger partial charge in [-0.25, -0.2) is 17.9 Å². The number of nitrogens with one attached hydrogen (secondary N) is 1. The maximum Gasteiger partial charge on any atom is 0.335 e. The Kier molecular flexibility index (Phi) is 5.25. The number of carbonyl (C=O) groups is 1. The Morgan fingerprint density at radius 2 is 2.15 bits per heavy atom. The molecule has 0 amide bonds. The third-order valence-electron chi connectivity index (χ3n) is 2.90. The van der Waals surface area contributed by atoms with Crippen LogP contribution < -0.4 is 4.72 Å². The van der Waals surface area contributed by atoms with E-state index >= 15 is 0 Å². The van der Waals surface area contributed by atoms with Gasteiger partial charge in [-0.1, -0.05) is 13.0 Å². The van der Waals surface area contributed by atoms with Crippen molar-refractivity contribution in [3.8, 4) is 6.07 Å². The molecule has 7 heteroatoms. The summed E-state index contributed by atoms with van der Waals surface area (Å²) in [5.41, 5.74) is 0.432. The largest absolute Gasteiger partial charge is 0.478 e. The van der Waals surface area contributed by atoms with Crippen LogP contribution in [-0.2, 0) is 10.0 Å². The number of aryl methyl sites for hydroxylation is 1. The third kappa shape index (κ3) is 3.79. The molecule has 1 aromatic carbocycles. The van der Waals surface area contributed by atoms with Gasteiger partial charge in [0.15, 0.2) is 0 Å². The van der Waals surface area contributed by atoms with Gasteiger partial charge in [0, 0.05) is 6.04 Å². The van der Waals surface area contributed by atoms with Crippen LogP contribution in [0.2, 0.25) is 0 Å². The molecule has 0 aliphatic heterocycles.